The highest BCUT2D eigenvalue weighted by Crippen LogP contribution is 2.08. The lowest BCUT2D eigenvalue weighted by Gasteiger charge is -2.10. The summed E-state index contributed by atoms with van der Waals surface area (Å²) < 4.78 is 11.9. The van der Waals surface area contributed by atoms with Gasteiger partial charge in [-0.25, -0.2) is 4.98 Å². The Hall–Kier alpha value is -2.21. The lowest BCUT2D eigenvalue weighted by atomic mass is 10.1. The van der Waals surface area contributed by atoms with Crippen LogP contribution in [0.15, 0.2) is 35.3 Å². The summed E-state index contributed by atoms with van der Waals surface area (Å²) >= 11 is 0. The van der Waals surface area contributed by atoms with Crippen LogP contribution in [-0.4, -0.2) is 35.3 Å². The van der Waals surface area contributed by atoms with Gasteiger partial charge in [0.2, 0.25) is 0 Å². The number of hydrogen-bond donors (Lipinski definition) is 0. The standard InChI is InChI=1S/C17H22N2O4/c1-13(2)7-8-22-9-10-23-17(21)12-19-15-6-4-3-5-14(15)18-11-16(19)20/h3-6,11,13H,7-10,12H2,1-2H3. The molecule has 1 heterocycles. The summed E-state index contributed by atoms with van der Waals surface area (Å²) in [5, 5.41) is 0. The first-order chi connectivity index (χ1) is 11.1. The number of esters is 1. The highest BCUT2D eigenvalue weighted by molar-refractivity contribution is 5.77. The van der Waals surface area contributed by atoms with Gasteiger partial charge in [-0.2, -0.15) is 0 Å². The molecule has 6 nitrogen and oxygen atoms in total. The van der Waals surface area contributed by atoms with Gasteiger partial charge in [-0.15, -0.1) is 0 Å². The van der Waals surface area contributed by atoms with Crippen LogP contribution in [0.5, 0.6) is 0 Å². The van der Waals surface area contributed by atoms with Crippen molar-refractivity contribution in [1.82, 2.24) is 9.55 Å². The number of hydrogen-bond acceptors (Lipinski definition) is 5. The molecule has 0 unspecified atom stereocenters. The second kappa shape index (κ2) is 8.43. The zero-order valence-corrected chi connectivity index (χ0v) is 13.5. The lowest BCUT2D eigenvalue weighted by Crippen LogP contribution is -2.26. The van der Waals surface area contributed by atoms with Crippen molar-refractivity contribution in [3.05, 3.63) is 40.8 Å². The van der Waals surface area contributed by atoms with Gasteiger partial charge in [0, 0.05) is 6.61 Å². The van der Waals surface area contributed by atoms with Gasteiger partial charge in [0.1, 0.15) is 13.2 Å². The van der Waals surface area contributed by atoms with Gasteiger partial charge in [-0.05, 0) is 24.5 Å². The molecule has 0 aliphatic carbocycles. The molecule has 124 valence electrons. The number of para-hydroxylation sites is 2. The number of benzene rings is 1. The van der Waals surface area contributed by atoms with E-state index in [4.69, 9.17) is 9.47 Å². The second-order valence-electron chi connectivity index (χ2n) is 5.69. The van der Waals surface area contributed by atoms with E-state index in [2.05, 4.69) is 18.8 Å². The van der Waals surface area contributed by atoms with Gasteiger partial charge < -0.3 is 9.47 Å². The molecule has 2 aromatic rings. The van der Waals surface area contributed by atoms with Crippen molar-refractivity contribution in [2.45, 2.75) is 26.8 Å². The summed E-state index contributed by atoms with van der Waals surface area (Å²) in [6.45, 7) is 5.33. The van der Waals surface area contributed by atoms with Gasteiger partial charge in [0.25, 0.3) is 5.56 Å². The molecule has 1 aromatic heterocycles. The number of nitrogens with zero attached hydrogens (tertiary/aromatic N) is 2. The number of carbonyl (C=O) groups is 1. The molecule has 1 aromatic carbocycles. The van der Waals surface area contributed by atoms with Crippen LogP contribution in [0.4, 0.5) is 0 Å². The van der Waals surface area contributed by atoms with Crippen molar-refractivity contribution >= 4 is 17.0 Å². The van der Waals surface area contributed by atoms with E-state index in [9.17, 15) is 9.59 Å². The molecule has 0 aliphatic heterocycles. The molecular weight excluding hydrogens is 296 g/mol. The van der Waals surface area contributed by atoms with Gasteiger partial charge in [0.05, 0.1) is 23.8 Å². The van der Waals surface area contributed by atoms with Crippen LogP contribution in [0.2, 0.25) is 0 Å². The average Bonchev–Trinajstić information content (AvgIpc) is 2.53. The highest BCUT2D eigenvalue weighted by Gasteiger charge is 2.09. The molecule has 0 aliphatic rings. The van der Waals surface area contributed by atoms with Crippen LogP contribution in [0, 0.1) is 5.92 Å². The van der Waals surface area contributed by atoms with Crippen LogP contribution in [0.25, 0.3) is 11.0 Å². The van der Waals surface area contributed by atoms with Gasteiger partial charge >= 0.3 is 5.97 Å². The van der Waals surface area contributed by atoms with Crippen molar-refractivity contribution in [2.24, 2.45) is 5.92 Å². The minimum atomic E-state index is -0.462. The normalized spacial score (nSPS) is 11.1. The summed E-state index contributed by atoms with van der Waals surface area (Å²) in [6, 6.07) is 7.18. The van der Waals surface area contributed by atoms with Crippen LogP contribution in [0.3, 0.4) is 0 Å². The largest absolute Gasteiger partial charge is 0.462 e. The molecule has 0 amide bonds. The average molecular weight is 318 g/mol. The van der Waals surface area contributed by atoms with Crippen molar-refractivity contribution < 1.29 is 14.3 Å². The van der Waals surface area contributed by atoms with E-state index >= 15 is 0 Å². The number of aromatic nitrogens is 2. The van der Waals surface area contributed by atoms with E-state index in [1.54, 1.807) is 18.2 Å². The first-order valence-electron chi connectivity index (χ1n) is 7.76. The third-order valence-corrected chi connectivity index (χ3v) is 3.37. The third-order valence-electron chi connectivity index (χ3n) is 3.37. The fourth-order valence-electron chi connectivity index (χ4n) is 2.09. The molecule has 0 atom stereocenters. The fraction of sp³-hybridized carbons (Fsp3) is 0.471. The maximum atomic E-state index is 11.9. The smallest absolute Gasteiger partial charge is 0.326 e. The van der Waals surface area contributed by atoms with Crippen molar-refractivity contribution in [3.8, 4) is 0 Å². The first-order valence-corrected chi connectivity index (χ1v) is 7.76. The Bertz CT molecular complexity index is 709. The maximum absolute atomic E-state index is 11.9. The maximum Gasteiger partial charge on any atom is 0.326 e. The zero-order valence-electron chi connectivity index (χ0n) is 13.5. The molecule has 0 fully saturated rings. The van der Waals surface area contributed by atoms with Gasteiger partial charge in [-0.3, -0.25) is 14.2 Å². The Morgan fingerprint density at radius 3 is 2.78 bits per heavy atom. The minimum Gasteiger partial charge on any atom is -0.462 e. The van der Waals surface area contributed by atoms with E-state index in [1.807, 2.05) is 6.07 Å². The number of ether oxygens (including phenoxy) is 2. The predicted octanol–water partition coefficient (Wildman–Crippen LogP) is 2.00. The van der Waals surface area contributed by atoms with Crippen molar-refractivity contribution in [2.75, 3.05) is 19.8 Å². The van der Waals surface area contributed by atoms with E-state index in [0.717, 1.165) is 6.42 Å². The molecule has 0 saturated heterocycles. The van der Waals surface area contributed by atoms with Crippen LogP contribution in [-0.2, 0) is 20.8 Å². The van der Waals surface area contributed by atoms with Crippen LogP contribution >= 0.6 is 0 Å². The van der Waals surface area contributed by atoms with E-state index in [-0.39, 0.29) is 18.7 Å². The Labute approximate surface area is 135 Å². The number of rotatable bonds is 8. The Balaban J connectivity index is 1.86. The summed E-state index contributed by atoms with van der Waals surface area (Å²) in [7, 11) is 0. The predicted molar refractivity (Wildman–Crippen MR) is 87.2 cm³/mol. The Morgan fingerprint density at radius 2 is 2.00 bits per heavy atom. The SMILES string of the molecule is CC(C)CCOCCOC(=O)Cn1c(=O)cnc2ccccc21. The molecule has 2 rings (SSSR count). The number of fused-ring (bicyclic) bond motifs is 1. The quantitative estimate of drug-likeness (QED) is 0.550. The second-order valence-corrected chi connectivity index (χ2v) is 5.69. The zero-order chi connectivity index (χ0) is 16.7. The van der Waals surface area contributed by atoms with E-state index < -0.39 is 5.97 Å². The molecule has 0 bridgehead atoms. The van der Waals surface area contributed by atoms with Crippen LogP contribution < -0.4 is 5.56 Å². The molecule has 0 spiro atoms. The number of carbonyl (C=O) groups excluding carboxylic acids is 1. The topological polar surface area (TPSA) is 70.4 Å². The Morgan fingerprint density at radius 1 is 1.22 bits per heavy atom. The summed E-state index contributed by atoms with van der Waals surface area (Å²) in [4.78, 5) is 27.9. The molecular formula is C17H22N2O4. The molecule has 6 heteroatoms. The molecule has 0 saturated carbocycles. The fourth-order valence-corrected chi connectivity index (χ4v) is 2.09. The van der Waals surface area contributed by atoms with E-state index in [1.165, 1.54) is 10.8 Å². The summed E-state index contributed by atoms with van der Waals surface area (Å²) in [5.74, 6) is 0.125. The Kier molecular flexibility index (Phi) is 6.29. The third kappa shape index (κ3) is 5.17. The van der Waals surface area contributed by atoms with Crippen molar-refractivity contribution in [1.29, 1.82) is 0 Å². The lowest BCUT2D eigenvalue weighted by molar-refractivity contribution is -0.145. The molecule has 0 radical (unpaired) electrons. The van der Waals surface area contributed by atoms with E-state index in [0.29, 0.717) is 30.2 Å². The van der Waals surface area contributed by atoms with Crippen molar-refractivity contribution in [3.63, 3.8) is 0 Å². The minimum absolute atomic E-state index is 0.131. The highest BCUT2D eigenvalue weighted by atomic mass is 16.6. The first kappa shape index (κ1) is 17.1. The molecule has 23 heavy (non-hydrogen) atoms. The summed E-state index contributed by atoms with van der Waals surface area (Å²) in [5.41, 5.74) is 0.955. The monoisotopic (exact) mass is 318 g/mol. The summed E-state index contributed by atoms with van der Waals surface area (Å²) in [6.07, 6.45) is 2.19. The molecule has 0 N–H and O–H groups in total. The van der Waals surface area contributed by atoms with Crippen LogP contribution in [0.1, 0.15) is 20.3 Å². The van der Waals surface area contributed by atoms with Gasteiger partial charge in [-0.1, -0.05) is 26.0 Å². The van der Waals surface area contributed by atoms with Gasteiger partial charge in [0.15, 0.2) is 0 Å².